The summed E-state index contributed by atoms with van der Waals surface area (Å²) < 4.78 is 16.7. The maximum Gasteiger partial charge on any atom is 0.172 e. The van der Waals surface area contributed by atoms with Crippen LogP contribution in [-0.4, -0.2) is 68.6 Å². The van der Waals surface area contributed by atoms with E-state index in [4.69, 9.17) is 26.4 Å². The zero-order chi connectivity index (χ0) is 19.0. The number of likely N-dealkylation sites (N-methyl/N-ethyl adjacent to an activating group) is 1. The van der Waals surface area contributed by atoms with Crippen LogP contribution >= 0.6 is 12.2 Å². The van der Waals surface area contributed by atoms with Crippen LogP contribution in [0.4, 0.5) is 0 Å². The van der Waals surface area contributed by atoms with Gasteiger partial charge in [0, 0.05) is 25.2 Å². The van der Waals surface area contributed by atoms with E-state index >= 15 is 0 Å². The van der Waals surface area contributed by atoms with E-state index < -0.39 is 0 Å². The summed E-state index contributed by atoms with van der Waals surface area (Å²) in [7, 11) is 7.29. The van der Waals surface area contributed by atoms with Gasteiger partial charge in [-0.25, -0.2) is 0 Å². The van der Waals surface area contributed by atoms with Crippen molar-refractivity contribution < 1.29 is 14.2 Å². The molecule has 0 saturated heterocycles. The molecule has 1 aromatic carbocycles. The molecule has 0 radical (unpaired) electrons. The fourth-order valence-corrected chi connectivity index (χ4v) is 2.90. The Labute approximate surface area is 157 Å². The van der Waals surface area contributed by atoms with Crippen molar-refractivity contribution in [3.05, 3.63) is 18.2 Å². The van der Waals surface area contributed by atoms with Crippen molar-refractivity contribution in [2.45, 2.75) is 33.0 Å². The highest BCUT2D eigenvalue weighted by Gasteiger charge is 2.22. The van der Waals surface area contributed by atoms with Crippen LogP contribution in [0, 0.1) is 0 Å². The molecule has 0 spiro atoms. The van der Waals surface area contributed by atoms with E-state index in [1.807, 2.05) is 44.1 Å². The summed E-state index contributed by atoms with van der Waals surface area (Å²) in [5.74, 6) is 2.01. The number of nitrogens with one attached hydrogen (secondary N) is 1. The monoisotopic (exact) mass is 369 g/mol. The minimum atomic E-state index is -0.225. The zero-order valence-electron chi connectivity index (χ0n) is 16.3. The molecule has 25 heavy (non-hydrogen) atoms. The Hall–Kier alpha value is -1.73. The lowest BCUT2D eigenvalue weighted by Gasteiger charge is -2.35. The van der Waals surface area contributed by atoms with Crippen LogP contribution in [0.2, 0.25) is 0 Å². The molecule has 0 bridgehead atoms. The maximum atomic E-state index is 6.08. The van der Waals surface area contributed by atoms with Gasteiger partial charge in [-0.05, 0) is 59.2 Å². The Morgan fingerprint density at radius 3 is 2.28 bits per heavy atom. The van der Waals surface area contributed by atoms with E-state index in [2.05, 4.69) is 24.1 Å². The number of thiocarbonyl (C=S) groups is 1. The topological polar surface area (TPSA) is 46.2 Å². The van der Waals surface area contributed by atoms with Crippen LogP contribution in [0.25, 0.3) is 0 Å². The third-order valence-corrected chi connectivity index (χ3v) is 4.03. The van der Waals surface area contributed by atoms with Crippen LogP contribution in [-0.2, 0) is 0 Å². The van der Waals surface area contributed by atoms with E-state index in [1.54, 1.807) is 14.2 Å². The Kier molecular flexibility index (Phi) is 8.78. The van der Waals surface area contributed by atoms with Crippen molar-refractivity contribution in [2.75, 3.05) is 41.4 Å². The molecule has 0 fully saturated rings. The highest BCUT2D eigenvalue weighted by Crippen LogP contribution is 2.31. The Bertz CT molecular complexity index is 552. The molecule has 6 nitrogen and oxygen atoms in total. The van der Waals surface area contributed by atoms with E-state index in [1.165, 1.54) is 0 Å². The van der Waals surface area contributed by atoms with Gasteiger partial charge in [-0.15, -0.1) is 0 Å². The molecular weight excluding hydrogens is 338 g/mol. The minimum absolute atomic E-state index is 0.203. The summed E-state index contributed by atoms with van der Waals surface area (Å²) in [6, 6.07) is 5.71. The number of rotatable bonds is 9. The van der Waals surface area contributed by atoms with Crippen molar-refractivity contribution >= 4 is 17.3 Å². The highest BCUT2D eigenvalue weighted by atomic mass is 32.1. The summed E-state index contributed by atoms with van der Waals surface area (Å²) in [4.78, 5) is 4.15. The highest BCUT2D eigenvalue weighted by molar-refractivity contribution is 7.80. The fraction of sp³-hybridized carbons (Fsp3) is 0.611. The SMILES string of the molecule is COc1ccc(OC(C)N(C(=S)NCCN(C)C)C(C)C)cc1OC. The smallest absolute Gasteiger partial charge is 0.172 e. The predicted molar refractivity (Wildman–Crippen MR) is 106 cm³/mol. The fourth-order valence-electron chi connectivity index (χ4n) is 2.44. The van der Waals surface area contributed by atoms with E-state index in [0.717, 1.165) is 13.1 Å². The van der Waals surface area contributed by atoms with Crippen molar-refractivity contribution in [1.82, 2.24) is 15.1 Å². The first-order valence-corrected chi connectivity index (χ1v) is 8.80. The molecule has 0 heterocycles. The first kappa shape index (κ1) is 21.3. The molecular formula is C18H31N3O3S. The summed E-state index contributed by atoms with van der Waals surface area (Å²) in [6.45, 7) is 7.87. The molecule has 7 heteroatoms. The lowest BCUT2D eigenvalue weighted by molar-refractivity contribution is 0.0734. The third-order valence-electron chi connectivity index (χ3n) is 3.68. The van der Waals surface area contributed by atoms with Crippen LogP contribution in [0.3, 0.4) is 0 Å². The van der Waals surface area contributed by atoms with Crippen LogP contribution in [0.5, 0.6) is 17.2 Å². The van der Waals surface area contributed by atoms with Gasteiger partial charge in [0.05, 0.1) is 14.2 Å². The Balaban J connectivity index is 2.79. The molecule has 0 aliphatic carbocycles. The number of hydrogen-bond acceptors (Lipinski definition) is 5. The van der Waals surface area contributed by atoms with E-state index in [9.17, 15) is 0 Å². The molecule has 1 rings (SSSR count). The largest absolute Gasteiger partial charge is 0.493 e. The first-order valence-electron chi connectivity index (χ1n) is 8.39. The number of hydrogen-bond donors (Lipinski definition) is 1. The lowest BCUT2D eigenvalue weighted by atomic mass is 10.3. The average molecular weight is 370 g/mol. The molecule has 1 atom stereocenters. The minimum Gasteiger partial charge on any atom is -0.493 e. The standard InChI is InChI=1S/C18H31N3O3S/c1-13(2)21(18(25)19-10-11-20(4)5)14(3)24-15-8-9-16(22-6)17(12-15)23-7/h8-9,12-14H,10-11H2,1-7H3,(H,19,25). The molecule has 0 aliphatic rings. The van der Waals surface area contributed by atoms with Gasteiger partial charge < -0.3 is 29.3 Å². The summed E-state index contributed by atoms with van der Waals surface area (Å²) in [5.41, 5.74) is 0. The quantitative estimate of drug-likeness (QED) is 0.530. The van der Waals surface area contributed by atoms with Gasteiger partial charge in [0.25, 0.3) is 0 Å². The zero-order valence-corrected chi connectivity index (χ0v) is 17.1. The average Bonchev–Trinajstić information content (AvgIpc) is 2.53. The van der Waals surface area contributed by atoms with Gasteiger partial charge in [0.2, 0.25) is 0 Å². The number of nitrogens with zero attached hydrogens (tertiary/aromatic N) is 2. The van der Waals surface area contributed by atoms with Crippen LogP contribution in [0.1, 0.15) is 20.8 Å². The Morgan fingerprint density at radius 2 is 1.76 bits per heavy atom. The third kappa shape index (κ3) is 6.59. The Morgan fingerprint density at radius 1 is 1.12 bits per heavy atom. The van der Waals surface area contributed by atoms with Crippen LogP contribution < -0.4 is 19.5 Å². The molecule has 142 valence electrons. The molecule has 0 aliphatic heterocycles. The summed E-state index contributed by atoms with van der Waals surface area (Å²) in [6.07, 6.45) is -0.225. The molecule has 1 N–H and O–H groups in total. The molecule has 0 aromatic heterocycles. The van der Waals surface area contributed by atoms with Gasteiger partial charge in [-0.2, -0.15) is 0 Å². The second kappa shape index (κ2) is 10.3. The van der Waals surface area contributed by atoms with Crippen molar-refractivity contribution in [1.29, 1.82) is 0 Å². The number of ether oxygens (including phenoxy) is 3. The molecule has 1 unspecified atom stereocenters. The van der Waals surface area contributed by atoms with Gasteiger partial charge >= 0.3 is 0 Å². The molecule has 0 saturated carbocycles. The van der Waals surface area contributed by atoms with Crippen molar-refractivity contribution in [3.8, 4) is 17.2 Å². The molecule has 1 aromatic rings. The predicted octanol–water partition coefficient (Wildman–Crippen LogP) is 2.58. The normalized spacial score (nSPS) is 12.0. The summed E-state index contributed by atoms with van der Waals surface area (Å²) in [5, 5.41) is 3.98. The first-order chi connectivity index (χ1) is 11.8. The van der Waals surface area contributed by atoms with Crippen LogP contribution in [0.15, 0.2) is 18.2 Å². The van der Waals surface area contributed by atoms with Gasteiger partial charge in [0.1, 0.15) is 5.75 Å². The second-order valence-electron chi connectivity index (χ2n) is 6.27. The van der Waals surface area contributed by atoms with E-state index in [0.29, 0.717) is 22.4 Å². The van der Waals surface area contributed by atoms with E-state index in [-0.39, 0.29) is 12.3 Å². The van der Waals surface area contributed by atoms with Crippen molar-refractivity contribution in [3.63, 3.8) is 0 Å². The second-order valence-corrected chi connectivity index (χ2v) is 6.66. The van der Waals surface area contributed by atoms with Gasteiger partial charge in [0.15, 0.2) is 22.8 Å². The number of benzene rings is 1. The van der Waals surface area contributed by atoms with Gasteiger partial charge in [-0.3, -0.25) is 0 Å². The van der Waals surface area contributed by atoms with Crippen molar-refractivity contribution in [2.24, 2.45) is 0 Å². The summed E-state index contributed by atoms with van der Waals surface area (Å²) >= 11 is 5.56. The number of methoxy groups -OCH3 is 2. The molecule has 0 amide bonds. The maximum absolute atomic E-state index is 6.08. The lowest BCUT2D eigenvalue weighted by Crippen LogP contribution is -2.51. The van der Waals surface area contributed by atoms with Gasteiger partial charge in [-0.1, -0.05) is 0 Å².